The predicted octanol–water partition coefficient (Wildman–Crippen LogP) is 5.20. The normalized spacial score (nSPS) is 12.3. The summed E-state index contributed by atoms with van der Waals surface area (Å²) in [5.74, 6) is 0.0964. The molecule has 3 rings (SSSR count). The Bertz CT molecular complexity index is 724. The van der Waals surface area contributed by atoms with Gasteiger partial charge in [-0.3, -0.25) is 9.59 Å². The lowest BCUT2D eigenvalue weighted by Gasteiger charge is -2.04. The van der Waals surface area contributed by atoms with Crippen LogP contribution in [0.2, 0.25) is 0 Å². The lowest BCUT2D eigenvalue weighted by Crippen LogP contribution is -2.05. The molecule has 132 valence electrons. The van der Waals surface area contributed by atoms with Gasteiger partial charge in [-0.05, 0) is 36.5 Å². The molecule has 0 bridgehead atoms. The lowest BCUT2D eigenvalue weighted by molar-refractivity contribution is 0.00818. The molecule has 0 spiro atoms. The van der Waals surface area contributed by atoms with Gasteiger partial charge in [-0.25, -0.2) is 0 Å². The molecule has 0 saturated carbocycles. The summed E-state index contributed by atoms with van der Waals surface area (Å²) in [4.78, 5) is 24.2. The summed E-state index contributed by atoms with van der Waals surface area (Å²) in [6.45, 7) is -3.67. The molecule has 2 aromatic rings. The smallest absolute Gasteiger partial charge is 0.294 e. The minimum Gasteiger partial charge on any atom is -0.294 e. The Labute approximate surface area is 144 Å². The number of Topliss-reactive ketones (excluding diaryl/α,β-unsaturated/α-hetero) is 2. The van der Waals surface area contributed by atoms with Gasteiger partial charge in [-0.1, -0.05) is 42.5 Å². The second-order valence-electron chi connectivity index (χ2n) is 5.80. The van der Waals surface area contributed by atoms with Crippen molar-refractivity contribution in [2.75, 3.05) is 0 Å². The molecule has 0 aromatic heterocycles. The average molecular weight is 348 g/mol. The number of fused-ring (bicyclic) bond motifs is 1. The Morgan fingerprint density at radius 3 is 2.00 bits per heavy atom. The molecule has 0 N–H and O–H groups in total. The van der Waals surface area contributed by atoms with Crippen molar-refractivity contribution in [3.8, 4) is 0 Å². The average Bonchev–Trinajstić information content (AvgIpc) is 3.07. The second-order valence-corrected chi connectivity index (χ2v) is 5.80. The van der Waals surface area contributed by atoms with E-state index >= 15 is 0 Å². The van der Waals surface area contributed by atoms with E-state index in [4.69, 9.17) is 0 Å². The maximum atomic E-state index is 12.2. The standard InChI is InChI=1S/C19H18O2.CHF3/c20-18(15-5-2-1-3-6-15)11-12-19(21)17-10-9-14-7-4-8-16(14)13-17;2-1(3)4/h1-3,5-6,9-10,13H,4,7-8,11-12H2;1H. The van der Waals surface area contributed by atoms with Gasteiger partial charge >= 0.3 is 6.68 Å². The van der Waals surface area contributed by atoms with Crippen LogP contribution in [0.15, 0.2) is 48.5 Å². The third kappa shape index (κ3) is 5.85. The molecular formula is C20H19F3O2. The van der Waals surface area contributed by atoms with Gasteiger partial charge in [0.15, 0.2) is 11.6 Å². The van der Waals surface area contributed by atoms with Crippen LogP contribution in [0.25, 0.3) is 0 Å². The molecule has 2 nitrogen and oxygen atoms in total. The predicted molar refractivity (Wildman–Crippen MR) is 89.9 cm³/mol. The highest BCUT2D eigenvalue weighted by atomic mass is 19.4. The number of hydrogen-bond acceptors (Lipinski definition) is 2. The van der Waals surface area contributed by atoms with Crippen LogP contribution in [0.3, 0.4) is 0 Å². The van der Waals surface area contributed by atoms with E-state index in [9.17, 15) is 22.8 Å². The summed E-state index contributed by atoms with van der Waals surface area (Å²) in [5, 5.41) is 0. The van der Waals surface area contributed by atoms with E-state index in [-0.39, 0.29) is 24.4 Å². The van der Waals surface area contributed by atoms with Gasteiger partial charge in [-0.15, -0.1) is 0 Å². The van der Waals surface area contributed by atoms with Crippen molar-refractivity contribution in [2.45, 2.75) is 38.8 Å². The molecule has 0 atom stereocenters. The van der Waals surface area contributed by atoms with Crippen LogP contribution in [0.1, 0.15) is 51.1 Å². The van der Waals surface area contributed by atoms with E-state index in [0.29, 0.717) is 5.56 Å². The zero-order chi connectivity index (χ0) is 18.2. The Morgan fingerprint density at radius 1 is 0.800 bits per heavy atom. The molecule has 0 saturated heterocycles. The van der Waals surface area contributed by atoms with Crippen molar-refractivity contribution in [3.63, 3.8) is 0 Å². The van der Waals surface area contributed by atoms with Crippen molar-refractivity contribution in [3.05, 3.63) is 70.8 Å². The Hall–Kier alpha value is -2.43. The van der Waals surface area contributed by atoms with Gasteiger partial charge in [0.05, 0.1) is 0 Å². The Kier molecular flexibility index (Phi) is 6.92. The Balaban J connectivity index is 0.000000511. The first-order valence-electron chi connectivity index (χ1n) is 8.13. The van der Waals surface area contributed by atoms with Crippen molar-refractivity contribution in [1.82, 2.24) is 0 Å². The van der Waals surface area contributed by atoms with Crippen molar-refractivity contribution < 1.29 is 22.8 Å². The van der Waals surface area contributed by atoms with Crippen LogP contribution in [0.5, 0.6) is 0 Å². The molecule has 1 aliphatic rings. The monoisotopic (exact) mass is 348 g/mol. The van der Waals surface area contributed by atoms with Crippen LogP contribution >= 0.6 is 0 Å². The maximum Gasteiger partial charge on any atom is 0.379 e. The van der Waals surface area contributed by atoms with E-state index in [1.54, 1.807) is 12.1 Å². The zero-order valence-corrected chi connectivity index (χ0v) is 13.7. The summed E-state index contributed by atoms with van der Waals surface area (Å²) in [6.07, 6.45) is 3.93. The molecule has 2 aromatic carbocycles. The summed E-state index contributed by atoms with van der Waals surface area (Å²) >= 11 is 0. The van der Waals surface area contributed by atoms with Gasteiger partial charge in [0.1, 0.15) is 0 Å². The highest BCUT2D eigenvalue weighted by molar-refractivity contribution is 6.02. The van der Waals surface area contributed by atoms with Crippen molar-refractivity contribution in [2.24, 2.45) is 0 Å². The molecule has 0 fully saturated rings. The number of carbonyl (C=O) groups is 2. The maximum absolute atomic E-state index is 12.2. The fraction of sp³-hybridized carbons (Fsp3) is 0.300. The first-order valence-corrected chi connectivity index (χ1v) is 8.13. The molecule has 25 heavy (non-hydrogen) atoms. The number of alkyl halides is 3. The molecule has 0 aliphatic heterocycles. The largest absolute Gasteiger partial charge is 0.379 e. The van der Waals surface area contributed by atoms with E-state index in [1.165, 1.54) is 17.5 Å². The van der Waals surface area contributed by atoms with E-state index in [0.717, 1.165) is 18.4 Å². The third-order valence-electron chi connectivity index (χ3n) is 4.10. The number of benzene rings is 2. The van der Waals surface area contributed by atoms with Crippen LogP contribution in [-0.2, 0) is 12.8 Å². The first kappa shape index (κ1) is 18.9. The molecule has 0 heterocycles. The number of carbonyl (C=O) groups excluding carboxylic acids is 2. The zero-order valence-electron chi connectivity index (χ0n) is 13.7. The minimum atomic E-state index is -3.67. The molecular weight excluding hydrogens is 329 g/mol. The lowest BCUT2D eigenvalue weighted by atomic mass is 9.99. The topological polar surface area (TPSA) is 34.1 Å². The summed E-state index contributed by atoms with van der Waals surface area (Å²) in [6, 6.07) is 15.1. The molecule has 5 heteroatoms. The van der Waals surface area contributed by atoms with Gasteiger partial charge < -0.3 is 0 Å². The molecule has 1 aliphatic carbocycles. The van der Waals surface area contributed by atoms with Crippen LogP contribution in [-0.4, -0.2) is 18.2 Å². The first-order chi connectivity index (χ1) is 12.0. The Morgan fingerprint density at radius 2 is 1.36 bits per heavy atom. The molecule has 0 unspecified atom stereocenters. The second kappa shape index (κ2) is 9.16. The number of hydrogen-bond donors (Lipinski definition) is 0. The van der Waals surface area contributed by atoms with Gasteiger partial charge in [-0.2, -0.15) is 13.2 Å². The minimum absolute atomic E-state index is 0.0325. The van der Waals surface area contributed by atoms with Gasteiger partial charge in [0.25, 0.3) is 0 Å². The van der Waals surface area contributed by atoms with E-state index < -0.39 is 6.68 Å². The van der Waals surface area contributed by atoms with Gasteiger partial charge in [0.2, 0.25) is 0 Å². The van der Waals surface area contributed by atoms with Crippen LogP contribution < -0.4 is 0 Å². The van der Waals surface area contributed by atoms with Gasteiger partial charge in [0, 0.05) is 24.0 Å². The fourth-order valence-electron chi connectivity index (χ4n) is 2.89. The third-order valence-corrected chi connectivity index (χ3v) is 4.10. The SMILES string of the molecule is FC(F)F.O=C(CCC(=O)c1ccc2c(c1)CCC2)c1ccccc1. The van der Waals surface area contributed by atoms with E-state index in [2.05, 4.69) is 6.07 Å². The van der Waals surface area contributed by atoms with Crippen molar-refractivity contribution in [1.29, 1.82) is 0 Å². The number of halogens is 3. The summed E-state index contributed by atoms with van der Waals surface area (Å²) < 4.78 is 29.0. The summed E-state index contributed by atoms with van der Waals surface area (Å²) in [5.41, 5.74) is 4.10. The number of rotatable bonds is 5. The highest BCUT2D eigenvalue weighted by Gasteiger charge is 2.15. The van der Waals surface area contributed by atoms with Crippen LogP contribution in [0.4, 0.5) is 13.2 Å². The quantitative estimate of drug-likeness (QED) is 0.696. The summed E-state index contributed by atoms with van der Waals surface area (Å²) in [7, 11) is 0. The molecule has 0 radical (unpaired) electrons. The highest BCUT2D eigenvalue weighted by Crippen LogP contribution is 2.23. The van der Waals surface area contributed by atoms with Crippen LogP contribution in [0, 0.1) is 0 Å². The number of ketones is 2. The van der Waals surface area contributed by atoms with E-state index in [1.807, 2.05) is 30.3 Å². The fourth-order valence-corrected chi connectivity index (χ4v) is 2.89. The molecule has 0 amide bonds. The number of aryl methyl sites for hydroxylation is 2. The van der Waals surface area contributed by atoms with Crippen molar-refractivity contribution >= 4 is 11.6 Å².